The molecule has 7 aliphatic rings. The predicted molar refractivity (Wildman–Crippen MR) is 64.4 cm³/mol. The summed E-state index contributed by atoms with van der Waals surface area (Å²) in [6, 6.07) is 0. The fourth-order valence-electron chi connectivity index (χ4n) is 8.79. The van der Waals surface area contributed by atoms with Crippen LogP contribution in [0.2, 0.25) is 0 Å². The van der Waals surface area contributed by atoms with Gasteiger partial charge in [-0.3, -0.25) is 0 Å². The molecule has 6 aliphatic carbocycles. The van der Waals surface area contributed by atoms with E-state index < -0.39 is 0 Å². The van der Waals surface area contributed by atoms with E-state index in [0.29, 0.717) is 0 Å². The molecule has 6 saturated carbocycles. The highest BCUT2D eigenvalue weighted by molar-refractivity contribution is 5.85. The topological polar surface area (TPSA) is 12.0 Å². The van der Waals surface area contributed by atoms with Gasteiger partial charge in [0.2, 0.25) is 0 Å². The summed E-state index contributed by atoms with van der Waals surface area (Å²) in [4.78, 5) is 0. The van der Waals surface area contributed by atoms with Crippen LogP contribution in [0.25, 0.3) is 0 Å². The lowest BCUT2D eigenvalue weighted by Gasteiger charge is -2.51. The zero-order valence-corrected chi connectivity index (χ0v) is 10.4. The Kier molecular flexibility index (Phi) is 1.29. The van der Waals surface area contributed by atoms with Gasteiger partial charge in [0.1, 0.15) is 0 Å². The molecule has 8 bridgehead atoms. The lowest BCUT2D eigenvalue weighted by atomic mass is 9.52. The highest BCUT2D eigenvalue weighted by atomic mass is 35.5. The smallest absolute Gasteiger partial charge is 0.00196 e. The van der Waals surface area contributed by atoms with Gasteiger partial charge >= 0.3 is 0 Å². The first-order chi connectivity index (χ1) is 7.41. The van der Waals surface area contributed by atoms with Gasteiger partial charge in [0.15, 0.2) is 0 Å². The molecule has 1 heterocycles. The molecule has 0 aromatic heterocycles. The maximum Gasteiger partial charge on any atom is 0.00196 e. The number of nitrogens with one attached hydrogen (secondary N) is 1. The van der Waals surface area contributed by atoms with Crippen molar-refractivity contribution in [1.29, 1.82) is 0 Å². The molecule has 0 aromatic rings. The molecule has 0 radical (unpaired) electrons. The van der Waals surface area contributed by atoms with Crippen molar-refractivity contribution in [3.05, 3.63) is 0 Å². The maximum atomic E-state index is 3.82. The van der Waals surface area contributed by atoms with E-state index in [1.165, 1.54) is 48.6 Å². The monoisotopic (exact) mass is 237 g/mol. The van der Waals surface area contributed by atoms with Gasteiger partial charge in [0, 0.05) is 13.1 Å². The number of rotatable bonds is 0. The van der Waals surface area contributed by atoms with Crippen LogP contribution < -0.4 is 5.32 Å². The Balaban J connectivity index is 0.000000667. The Bertz CT molecular complexity index is 327. The van der Waals surface area contributed by atoms with Crippen molar-refractivity contribution >= 4 is 12.4 Å². The first kappa shape index (κ1) is 9.22. The van der Waals surface area contributed by atoms with Gasteiger partial charge in [-0.25, -0.2) is 0 Å². The first-order valence-electron chi connectivity index (χ1n) is 7.12. The number of hydrogen-bond acceptors (Lipinski definition) is 1. The van der Waals surface area contributed by atoms with Crippen LogP contribution in [0, 0.1) is 46.3 Å². The summed E-state index contributed by atoms with van der Waals surface area (Å²) in [6.07, 6.45) is 6.44. The normalized spacial score (nSPS) is 75.0. The summed E-state index contributed by atoms with van der Waals surface area (Å²) in [6.45, 7) is 2.84. The lowest BCUT2D eigenvalue weighted by molar-refractivity contribution is -0.0289. The van der Waals surface area contributed by atoms with Crippen LogP contribution in [0.1, 0.15) is 25.7 Å². The summed E-state index contributed by atoms with van der Waals surface area (Å²) in [5.41, 5.74) is 1.71. The molecule has 7 rings (SSSR count). The molecule has 1 nitrogen and oxygen atoms in total. The fourth-order valence-corrected chi connectivity index (χ4v) is 8.79. The molecule has 1 aliphatic heterocycles. The molecule has 88 valence electrons. The Morgan fingerprint density at radius 1 is 0.688 bits per heavy atom. The van der Waals surface area contributed by atoms with Crippen molar-refractivity contribution in [3.8, 4) is 0 Å². The summed E-state index contributed by atoms with van der Waals surface area (Å²) in [5, 5.41) is 3.82. The van der Waals surface area contributed by atoms with Crippen molar-refractivity contribution in [2.75, 3.05) is 13.1 Å². The van der Waals surface area contributed by atoms with Crippen LogP contribution in [-0.4, -0.2) is 13.1 Å². The van der Waals surface area contributed by atoms with Crippen molar-refractivity contribution in [1.82, 2.24) is 5.32 Å². The largest absolute Gasteiger partial charge is 0.316 e. The fraction of sp³-hybridized carbons (Fsp3) is 1.00. The van der Waals surface area contributed by atoms with Gasteiger partial charge in [-0.05, 0) is 72.0 Å². The first-order valence-corrected chi connectivity index (χ1v) is 7.12. The molecule has 16 heavy (non-hydrogen) atoms. The Morgan fingerprint density at radius 3 is 1.44 bits per heavy atom. The molecular weight excluding hydrogens is 218 g/mol. The molecular formula is C14H20ClN. The second-order valence-corrected chi connectivity index (χ2v) is 7.42. The summed E-state index contributed by atoms with van der Waals surface area (Å²) >= 11 is 0. The SMILES string of the molecule is C1C[C@H]2C3C4[C@H]5CC[C@@H]4C4(CNCC524)[C@H]13.Cl. The molecule has 0 amide bonds. The van der Waals surface area contributed by atoms with E-state index in [1.807, 2.05) is 0 Å². The molecule has 4 unspecified atom stereocenters. The zero-order chi connectivity index (χ0) is 9.41. The van der Waals surface area contributed by atoms with E-state index in [0.717, 1.165) is 10.8 Å². The third-order valence-electron chi connectivity index (χ3n) is 8.23. The van der Waals surface area contributed by atoms with Crippen molar-refractivity contribution < 1.29 is 0 Å². The Labute approximate surface area is 103 Å². The Hall–Kier alpha value is 0.250. The average Bonchev–Trinajstić information content (AvgIpc) is 3.03. The highest BCUT2D eigenvalue weighted by Crippen LogP contribution is 2.93. The number of hydrogen-bond donors (Lipinski definition) is 1. The minimum atomic E-state index is 0. The minimum Gasteiger partial charge on any atom is -0.316 e. The van der Waals surface area contributed by atoms with Gasteiger partial charge in [0.25, 0.3) is 0 Å². The molecule has 7 fully saturated rings. The van der Waals surface area contributed by atoms with Crippen LogP contribution in [0.5, 0.6) is 0 Å². The molecule has 2 heteroatoms. The number of halogens is 1. The van der Waals surface area contributed by atoms with Crippen LogP contribution in [-0.2, 0) is 0 Å². The molecule has 1 N–H and O–H groups in total. The van der Waals surface area contributed by atoms with Crippen molar-refractivity contribution in [3.63, 3.8) is 0 Å². The quantitative estimate of drug-likeness (QED) is 0.682. The molecule has 2 spiro atoms. The second-order valence-electron chi connectivity index (χ2n) is 7.42. The zero-order valence-electron chi connectivity index (χ0n) is 9.61. The third-order valence-corrected chi connectivity index (χ3v) is 8.23. The van der Waals surface area contributed by atoms with Crippen LogP contribution >= 0.6 is 12.4 Å². The second kappa shape index (κ2) is 2.23. The van der Waals surface area contributed by atoms with Gasteiger partial charge in [-0.1, -0.05) is 0 Å². The standard InChI is InChI=1S/C14H19N.ClH/c1-2-8-11-7(1)13-5-15-6-14(8,13)10-4-3-9(13)12(10)11;/h7-12,15H,1-6H2;1H/t7-,8+,9+,10-,11?,12?,13?,14?;. The molecule has 8 atom stereocenters. The lowest BCUT2D eigenvalue weighted by Crippen LogP contribution is -2.49. The molecule has 0 aromatic carbocycles. The van der Waals surface area contributed by atoms with Crippen molar-refractivity contribution in [2.24, 2.45) is 46.3 Å². The summed E-state index contributed by atoms with van der Waals surface area (Å²) < 4.78 is 0. The molecule has 1 saturated heterocycles. The van der Waals surface area contributed by atoms with Crippen molar-refractivity contribution in [2.45, 2.75) is 25.7 Å². The van der Waals surface area contributed by atoms with E-state index in [2.05, 4.69) is 5.32 Å². The highest BCUT2D eigenvalue weighted by Gasteiger charge is 2.90. The van der Waals surface area contributed by atoms with Crippen LogP contribution in [0.4, 0.5) is 0 Å². The van der Waals surface area contributed by atoms with Gasteiger partial charge in [0.05, 0.1) is 0 Å². The minimum absolute atomic E-state index is 0. The van der Waals surface area contributed by atoms with E-state index in [4.69, 9.17) is 0 Å². The predicted octanol–water partition coefficient (Wildman–Crippen LogP) is 2.31. The summed E-state index contributed by atoms with van der Waals surface area (Å²) in [5.74, 6) is 7.19. The average molecular weight is 238 g/mol. The van der Waals surface area contributed by atoms with Crippen LogP contribution in [0.15, 0.2) is 0 Å². The van der Waals surface area contributed by atoms with E-state index in [9.17, 15) is 0 Å². The van der Waals surface area contributed by atoms with E-state index in [1.54, 1.807) is 25.7 Å². The Morgan fingerprint density at radius 2 is 1.06 bits per heavy atom. The van der Waals surface area contributed by atoms with E-state index >= 15 is 0 Å². The third kappa shape index (κ3) is 0.493. The maximum absolute atomic E-state index is 3.82. The van der Waals surface area contributed by atoms with E-state index in [-0.39, 0.29) is 12.4 Å². The van der Waals surface area contributed by atoms with Gasteiger partial charge in [-0.2, -0.15) is 0 Å². The van der Waals surface area contributed by atoms with Crippen LogP contribution in [0.3, 0.4) is 0 Å². The summed E-state index contributed by atoms with van der Waals surface area (Å²) in [7, 11) is 0. The van der Waals surface area contributed by atoms with Gasteiger partial charge < -0.3 is 5.32 Å². The van der Waals surface area contributed by atoms with Gasteiger partial charge in [-0.15, -0.1) is 12.4 Å².